The molecule has 1 saturated heterocycles. The van der Waals surface area contributed by atoms with E-state index in [1.165, 1.54) is 5.56 Å². The number of hydrogen-bond acceptors (Lipinski definition) is 6. The second-order valence-corrected chi connectivity index (χ2v) is 7.04. The van der Waals surface area contributed by atoms with Gasteiger partial charge in [-0.05, 0) is 57.6 Å². The summed E-state index contributed by atoms with van der Waals surface area (Å²) in [4.78, 5) is 16.2. The number of nitrogens with zero attached hydrogens (tertiary/aromatic N) is 4. The highest BCUT2D eigenvalue weighted by atomic mass is 15.2. The third kappa shape index (κ3) is 3.32. The molecule has 6 nitrogen and oxygen atoms in total. The van der Waals surface area contributed by atoms with Gasteiger partial charge in [0.15, 0.2) is 5.65 Å². The zero-order chi connectivity index (χ0) is 18.1. The summed E-state index contributed by atoms with van der Waals surface area (Å²) in [5, 5.41) is 4.22. The highest BCUT2D eigenvalue weighted by molar-refractivity contribution is 5.88. The van der Waals surface area contributed by atoms with Crippen molar-refractivity contribution in [1.82, 2.24) is 19.9 Å². The van der Waals surface area contributed by atoms with Crippen molar-refractivity contribution in [3.8, 4) is 11.3 Å². The number of anilines is 2. The maximum absolute atomic E-state index is 6.16. The van der Waals surface area contributed by atoms with Gasteiger partial charge in [-0.2, -0.15) is 9.97 Å². The van der Waals surface area contributed by atoms with Crippen LogP contribution in [-0.4, -0.2) is 46.0 Å². The Bertz CT molecular complexity index is 931. The first-order valence-electron chi connectivity index (χ1n) is 9.05. The van der Waals surface area contributed by atoms with Crippen molar-refractivity contribution in [1.29, 1.82) is 0 Å². The molecule has 0 radical (unpaired) electrons. The van der Waals surface area contributed by atoms with Crippen LogP contribution in [0.15, 0.2) is 36.4 Å². The standard InChI is InChI=1S/C20H24N6/c1-13-5-3-4-6-15(13)17-8-7-16-18(21)24-20(25-19(16)23-17)22-14-9-11-26(2)12-10-14/h3-8,14H,9-12H2,1-2H3,(H3,21,22,23,24,25). The fourth-order valence-corrected chi connectivity index (χ4v) is 3.44. The number of nitrogen functional groups attached to an aromatic ring is 1. The van der Waals surface area contributed by atoms with Crippen LogP contribution in [0.5, 0.6) is 0 Å². The summed E-state index contributed by atoms with van der Waals surface area (Å²) in [5.74, 6) is 1.04. The highest BCUT2D eigenvalue weighted by Crippen LogP contribution is 2.26. The summed E-state index contributed by atoms with van der Waals surface area (Å²) >= 11 is 0. The number of aryl methyl sites for hydroxylation is 1. The molecule has 1 aliphatic heterocycles. The largest absolute Gasteiger partial charge is 0.383 e. The molecule has 0 spiro atoms. The van der Waals surface area contributed by atoms with Crippen molar-refractivity contribution in [3.05, 3.63) is 42.0 Å². The molecule has 26 heavy (non-hydrogen) atoms. The molecule has 6 heteroatoms. The van der Waals surface area contributed by atoms with Crippen LogP contribution >= 0.6 is 0 Å². The number of fused-ring (bicyclic) bond motifs is 1. The Morgan fingerprint density at radius 3 is 2.58 bits per heavy atom. The van der Waals surface area contributed by atoms with Crippen molar-refractivity contribution in [2.45, 2.75) is 25.8 Å². The van der Waals surface area contributed by atoms with Crippen LogP contribution in [0.4, 0.5) is 11.8 Å². The van der Waals surface area contributed by atoms with Crippen molar-refractivity contribution < 1.29 is 0 Å². The number of aromatic nitrogens is 3. The normalized spacial score (nSPS) is 16.1. The van der Waals surface area contributed by atoms with Crippen LogP contribution in [0.3, 0.4) is 0 Å². The molecule has 3 heterocycles. The third-order valence-electron chi connectivity index (χ3n) is 5.06. The van der Waals surface area contributed by atoms with E-state index in [0.29, 0.717) is 23.5 Å². The molecule has 3 aromatic rings. The van der Waals surface area contributed by atoms with E-state index < -0.39 is 0 Å². The molecular formula is C20H24N6. The van der Waals surface area contributed by atoms with Gasteiger partial charge in [0.25, 0.3) is 0 Å². The average Bonchev–Trinajstić information content (AvgIpc) is 2.64. The fourth-order valence-electron chi connectivity index (χ4n) is 3.44. The number of nitrogens with one attached hydrogen (secondary N) is 1. The summed E-state index contributed by atoms with van der Waals surface area (Å²) in [7, 11) is 2.15. The van der Waals surface area contributed by atoms with Crippen LogP contribution < -0.4 is 11.1 Å². The summed E-state index contributed by atoms with van der Waals surface area (Å²) in [6.45, 7) is 4.25. The number of likely N-dealkylation sites (tertiary alicyclic amines) is 1. The Morgan fingerprint density at radius 2 is 1.81 bits per heavy atom. The van der Waals surface area contributed by atoms with Gasteiger partial charge >= 0.3 is 0 Å². The Morgan fingerprint density at radius 1 is 1.04 bits per heavy atom. The maximum atomic E-state index is 6.16. The van der Waals surface area contributed by atoms with Crippen molar-refractivity contribution in [3.63, 3.8) is 0 Å². The molecule has 0 amide bonds. The van der Waals surface area contributed by atoms with Crippen molar-refractivity contribution in [2.24, 2.45) is 0 Å². The monoisotopic (exact) mass is 348 g/mol. The lowest BCUT2D eigenvalue weighted by Gasteiger charge is -2.29. The van der Waals surface area contributed by atoms with Gasteiger partial charge < -0.3 is 16.0 Å². The third-order valence-corrected chi connectivity index (χ3v) is 5.06. The minimum atomic E-state index is 0.377. The smallest absolute Gasteiger partial charge is 0.226 e. The topological polar surface area (TPSA) is 80.0 Å². The molecule has 4 rings (SSSR count). The molecule has 0 saturated carbocycles. The number of pyridine rings is 1. The van der Waals surface area contributed by atoms with Gasteiger partial charge in [-0.25, -0.2) is 4.98 Å². The minimum Gasteiger partial charge on any atom is -0.383 e. The number of piperidine rings is 1. The van der Waals surface area contributed by atoms with Crippen LogP contribution in [0.2, 0.25) is 0 Å². The Kier molecular flexibility index (Phi) is 4.42. The molecule has 0 aliphatic carbocycles. The Balaban J connectivity index is 1.67. The van der Waals surface area contributed by atoms with Crippen molar-refractivity contribution in [2.75, 3.05) is 31.2 Å². The molecular weight excluding hydrogens is 324 g/mol. The van der Waals surface area contributed by atoms with Crippen LogP contribution in [-0.2, 0) is 0 Å². The van der Waals surface area contributed by atoms with Gasteiger partial charge in [0, 0.05) is 11.6 Å². The molecule has 1 aromatic carbocycles. The van der Waals surface area contributed by atoms with E-state index in [1.807, 2.05) is 24.3 Å². The summed E-state index contributed by atoms with van der Waals surface area (Å²) in [5.41, 5.74) is 9.99. The fraction of sp³-hybridized carbons (Fsp3) is 0.350. The van der Waals surface area contributed by atoms with Crippen LogP contribution in [0.25, 0.3) is 22.3 Å². The lowest BCUT2D eigenvalue weighted by molar-refractivity contribution is 0.263. The van der Waals surface area contributed by atoms with E-state index in [-0.39, 0.29) is 0 Å². The SMILES string of the molecule is Cc1ccccc1-c1ccc2c(N)nc(NC3CCN(C)CC3)nc2n1. The number of benzene rings is 1. The summed E-state index contributed by atoms with van der Waals surface area (Å²) in [6, 6.07) is 12.5. The van der Waals surface area contributed by atoms with E-state index in [1.54, 1.807) is 0 Å². The molecule has 1 aliphatic rings. The summed E-state index contributed by atoms with van der Waals surface area (Å²) in [6.07, 6.45) is 2.16. The first kappa shape index (κ1) is 16.7. The second kappa shape index (κ2) is 6.88. The van der Waals surface area contributed by atoms with Crippen LogP contribution in [0, 0.1) is 6.92 Å². The average molecular weight is 348 g/mol. The molecule has 3 N–H and O–H groups in total. The van der Waals surface area contributed by atoms with Gasteiger partial charge in [0.2, 0.25) is 5.95 Å². The lowest BCUT2D eigenvalue weighted by Crippen LogP contribution is -2.37. The van der Waals surface area contributed by atoms with Crippen LogP contribution in [0.1, 0.15) is 18.4 Å². The van der Waals surface area contributed by atoms with Gasteiger partial charge in [0.1, 0.15) is 5.82 Å². The molecule has 134 valence electrons. The lowest BCUT2D eigenvalue weighted by atomic mass is 10.1. The van der Waals surface area contributed by atoms with Gasteiger partial charge in [0.05, 0.1) is 11.1 Å². The van der Waals surface area contributed by atoms with Crippen molar-refractivity contribution >= 4 is 22.8 Å². The highest BCUT2D eigenvalue weighted by Gasteiger charge is 2.18. The first-order chi connectivity index (χ1) is 12.6. The van der Waals surface area contributed by atoms with E-state index in [2.05, 4.69) is 46.3 Å². The second-order valence-electron chi connectivity index (χ2n) is 7.04. The number of nitrogens with two attached hydrogens (primary N) is 1. The van der Waals surface area contributed by atoms with E-state index in [9.17, 15) is 0 Å². The zero-order valence-corrected chi connectivity index (χ0v) is 15.2. The maximum Gasteiger partial charge on any atom is 0.226 e. The number of rotatable bonds is 3. The van der Waals surface area contributed by atoms with E-state index in [4.69, 9.17) is 10.7 Å². The molecule has 0 unspecified atom stereocenters. The predicted molar refractivity (Wildman–Crippen MR) is 106 cm³/mol. The molecule has 2 aromatic heterocycles. The first-order valence-corrected chi connectivity index (χ1v) is 9.05. The van der Waals surface area contributed by atoms with E-state index in [0.717, 1.165) is 42.6 Å². The Labute approximate surface area is 153 Å². The molecule has 1 fully saturated rings. The number of hydrogen-bond donors (Lipinski definition) is 2. The van der Waals surface area contributed by atoms with Gasteiger partial charge in [-0.3, -0.25) is 0 Å². The van der Waals surface area contributed by atoms with Gasteiger partial charge in [-0.15, -0.1) is 0 Å². The zero-order valence-electron chi connectivity index (χ0n) is 15.2. The van der Waals surface area contributed by atoms with E-state index >= 15 is 0 Å². The quantitative estimate of drug-likeness (QED) is 0.757. The predicted octanol–water partition coefficient (Wildman–Crippen LogP) is 3.09. The molecule has 0 atom stereocenters. The van der Waals surface area contributed by atoms with Gasteiger partial charge in [-0.1, -0.05) is 24.3 Å². The minimum absolute atomic E-state index is 0.377. The molecule has 0 bridgehead atoms. The summed E-state index contributed by atoms with van der Waals surface area (Å²) < 4.78 is 0. The Hall–Kier alpha value is -2.73.